The summed E-state index contributed by atoms with van der Waals surface area (Å²) >= 11 is 0. The molecule has 6 nitrogen and oxygen atoms in total. The van der Waals surface area contributed by atoms with Crippen molar-refractivity contribution >= 4 is 23.0 Å². The van der Waals surface area contributed by atoms with Crippen LogP contribution in [0.25, 0.3) is 10.9 Å². The Morgan fingerprint density at radius 2 is 1.55 bits per heavy atom. The molecule has 42 heavy (non-hydrogen) atoms. The van der Waals surface area contributed by atoms with Crippen molar-refractivity contribution in [2.75, 3.05) is 6.67 Å². The Bertz CT molecular complexity index is 1450. The maximum atomic E-state index is 14.1. The van der Waals surface area contributed by atoms with Crippen LogP contribution in [0.3, 0.4) is 0 Å². The Hall–Kier alpha value is -4.20. The van der Waals surface area contributed by atoms with E-state index in [9.17, 15) is 18.4 Å². The van der Waals surface area contributed by atoms with E-state index < -0.39 is 36.6 Å². The van der Waals surface area contributed by atoms with Crippen LogP contribution in [-0.2, 0) is 27.3 Å². The second kappa shape index (κ2) is 14.1. The molecule has 1 heterocycles. The van der Waals surface area contributed by atoms with Gasteiger partial charge in [-0.25, -0.2) is 18.4 Å². The summed E-state index contributed by atoms with van der Waals surface area (Å²) in [5.74, 6) is -0.593. The first-order chi connectivity index (χ1) is 20.1. The fourth-order valence-corrected chi connectivity index (χ4v) is 4.95. The lowest BCUT2D eigenvalue weighted by atomic mass is 10.00. The molecule has 3 atom stereocenters. The number of esters is 1. The average molecular weight is 577 g/mol. The van der Waals surface area contributed by atoms with Crippen molar-refractivity contribution in [1.29, 1.82) is 0 Å². The Kier molecular flexibility index (Phi) is 10.3. The zero-order valence-electron chi connectivity index (χ0n) is 24.3. The van der Waals surface area contributed by atoms with Crippen LogP contribution in [-0.4, -0.2) is 41.1 Å². The lowest BCUT2D eigenvalue weighted by Crippen LogP contribution is -2.45. The molecule has 3 unspecified atom stereocenters. The first-order valence-electron chi connectivity index (χ1n) is 14.2. The summed E-state index contributed by atoms with van der Waals surface area (Å²) < 4.78 is 40.2. The van der Waals surface area contributed by atoms with Crippen molar-refractivity contribution in [2.45, 2.75) is 70.5 Å². The number of benzene rings is 3. The van der Waals surface area contributed by atoms with E-state index in [-0.39, 0.29) is 25.5 Å². The lowest BCUT2D eigenvalue weighted by molar-refractivity contribution is -0.147. The molecule has 0 aliphatic carbocycles. The van der Waals surface area contributed by atoms with Crippen molar-refractivity contribution < 1.29 is 27.8 Å². The van der Waals surface area contributed by atoms with Gasteiger partial charge in [0.15, 0.2) is 0 Å². The molecule has 4 rings (SSSR count). The minimum atomic E-state index is -1.54. The van der Waals surface area contributed by atoms with E-state index in [1.165, 1.54) is 0 Å². The highest BCUT2D eigenvalue weighted by Crippen LogP contribution is 2.32. The van der Waals surface area contributed by atoms with E-state index >= 15 is 0 Å². The second-order valence-corrected chi connectivity index (χ2v) is 11.3. The zero-order valence-corrected chi connectivity index (χ0v) is 24.3. The second-order valence-electron chi connectivity index (χ2n) is 11.3. The fraction of sp³-hybridized carbons (Fsp3) is 0.353. The van der Waals surface area contributed by atoms with E-state index in [0.717, 1.165) is 27.6 Å². The normalized spacial score (nSPS) is 13.7. The summed E-state index contributed by atoms with van der Waals surface area (Å²) in [5.41, 5.74) is 2.71. The van der Waals surface area contributed by atoms with Crippen molar-refractivity contribution in [2.24, 2.45) is 0 Å². The van der Waals surface area contributed by atoms with Crippen molar-refractivity contribution in [3.05, 3.63) is 108 Å². The van der Waals surface area contributed by atoms with E-state index in [2.05, 4.69) is 5.32 Å². The highest BCUT2D eigenvalue weighted by Gasteiger charge is 2.28. The molecule has 0 bridgehead atoms. The number of carbonyl (C=O) groups is 2. The van der Waals surface area contributed by atoms with E-state index in [1.54, 1.807) is 20.8 Å². The van der Waals surface area contributed by atoms with Crippen molar-refractivity contribution in [3.8, 4) is 0 Å². The summed E-state index contributed by atoms with van der Waals surface area (Å²) in [7, 11) is 0. The van der Waals surface area contributed by atoms with Crippen LogP contribution in [0.15, 0.2) is 91.1 Å². The molecule has 0 saturated carbocycles. The van der Waals surface area contributed by atoms with Gasteiger partial charge in [0.05, 0.1) is 6.04 Å². The molecule has 3 aromatic carbocycles. The third kappa shape index (κ3) is 8.41. The average Bonchev–Trinajstić information content (AvgIpc) is 3.33. The number of fused-ring (bicyclic) bond motifs is 1. The van der Waals surface area contributed by atoms with Crippen LogP contribution in [0.4, 0.5) is 13.6 Å². The molecular formula is C34H38F2N2O4. The molecule has 1 amide bonds. The third-order valence-corrected chi connectivity index (χ3v) is 6.89. The lowest BCUT2D eigenvalue weighted by Gasteiger charge is -2.23. The van der Waals surface area contributed by atoms with Gasteiger partial charge in [0.25, 0.3) is 0 Å². The Morgan fingerprint density at radius 1 is 0.905 bits per heavy atom. The quantitative estimate of drug-likeness (QED) is 0.177. The predicted molar refractivity (Wildman–Crippen MR) is 160 cm³/mol. The molecule has 0 fully saturated rings. The number of nitrogens with one attached hydrogen (secondary N) is 1. The summed E-state index contributed by atoms with van der Waals surface area (Å²) in [6.07, 6.45) is 0.241. The molecule has 0 saturated heterocycles. The minimum Gasteiger partial charge on any atom is -0.459 e. The van der Waals surface area contributed by atoms with Gasteiger partial charge in [-0.2, -0.15) is 0 Å². The number of alkyl halides is 2. The first kappa shape index (κ1) is 30.8. The predicted octanol–water partition coefficient (Wildman–Crippen LogP) is 7.50. The van der Waals surface area contributed by atoms with Gasteiger partial charge in [0.1, 0.15) is 31.1 Å². The number of halogens is 2. The van der Waals surface area contributed by atoms with Crippen LogP contribution in [0.2, 0.25) is 0 Å². The third-order valence-electron chi connectivity index (χ3n) is 6.89. The van der Waals surface area contributed by atoms with Crippen molar-refractivity contribution in [3.63, 3.8) is 0 Å². The molecule has 0 radical (unpaired) electrons. The number of carbonyl (C=O) groups excluding carboxylic acids is 2. The van der Waals surface area contributed by atoms with E-state index in [1.807, 2.05) is 95.7 Å². The van der Waals surface area contributed by atoms with Gasteiger partial charge < -0.3 is 19.4 Å². The number of para-hydroxylation sites is 1. The van der Waals surface area contributed by atoms with Crippen LogP contribution in [0.1, 0.15) is 56.3 Å². The van der Waals surface area contributed by atoms with Gasteiger partial charge in [0.2, 0.25) is 0 Å². The molecule has 4 aromatic rings. The highest BCUT2D eigenvalue weighted by atomic mass is 19.2. The molecule has 0 spiro atoms. The number of nitrogens with zero attached hydrogens (tertiary/aromatic N) is 1. The number of alkyl carbamates (subject to hydrolysis) is 1. The SMILES string of the molecule is CC(C)(C)OC(=O)NC(Cc1cn(C(CCC(F)CF)c2ccccc2)c2ccccc12)C(=O)OCc1ccccc1. The van der Waals surface area contributed by atoms with Gasteiger partial charge >= 0.3 is 12.1 Å². The van der Waals surface area contributed by atoms with Gasteiger partial charge in [-0.3, -0.25) is 0 Å². The molecule has 1 aromatic heterocycles. The topological polar surface area (TPSA) is 69.6 Å². The van der Waals surface area contributed by atoms with E-state index in [4.69, 9.17) is 9.47 Å². The molecule has 1 N–H and O–H groups in total. The number of ether oxygens (including phenoxy) is 2. The smallest absolute Gasteiger partial charge is 0.408 e. The van der Waals surface area contributed by atoms with Gasteiger partial charge in [0, 0.05) is 23.5 Å². The maximum absolute atomic E-state index is 14.1. The Morgan fingerprint density at radius 3 is 2.21 bits per heavy atom. The fourth-order valence-electron chi connectivity index (χ4n) is 4.95. The molecule has 0 aliphatic heterocycles. The zero-order chi connectivity index (χ0) is 30.1. The highest BCUT2D eigenvalue weighted by molar-refractivity contribution is 5.87. The van der Waals surface area contributed by atoms with Gasteiger partial charge in [-0.15, -0.1) is 0 Å². The summed E-state index contributed by atoms with van der Waals surface area (Å²) in [4.78, 5) is 26.1. The summed E-state index contributed by atoms with van der Waals surface area (Å²) in [5, 5.41) is 3.59. The Balaban J connectivity index is 1.67. The standard InChI is InChI=1S/C34H38F2N2O4/c1-34(2,3)42-33(40)37-29(32(39)41-23-24-12-6-4-7-13-24)20-26-22-38(31-17-11-10-16-28(26)31)30(19-18-27(36)21-35)25-14-8-5-9-15-25/h4-17,22,27,29-30H,18-21,23H2,1-3H3,(H,37,40). The Labute approximate surface area is 245 Å². The number of aromatic nitrogens is 1. The van der Waals surface area contributed by atoms with Crippen LogP contribution < -0.4 is 5.32 Å². The molecule has 8 heteroatoms. The number of amides is 1. The first-order valence-corrected chi connectivity index (χ1v) is 14.2. The van der Waals surface area contributed by atoms with E-state index in [0.29, 0.717) is 6.42 Å². The van der Waals surface area contributed by atoms with Crippen molar-refractivity contribution in [1.82, 2.24) is 9.88 Å². The summed E-state index contributed by atoms with van der Waals surface area (Å²) in [6, 6.07) is 25.4. The van der Waals surface area contributed by atoms with Crippen LogP contribution >= 0.6 is 0 Å². The monoisotopic (exact) mass is 576 g/mol. The number of hydrogen-bond acceptors (Lipinski definition) is 4. The number of hydrogen-bond donors (Lipinski definition) is 1. The molecule has 0 aliphatic rings. The maximum Gasteiger partial charge on any atom is 0.408 e. The molecule has 222 valence electrons. The largest absolute Gasteiger partial charge is 0.459 e. The van der Waals surface area contributed by atoms with Gasteiger partial charge in [-0.05, 0) is 56.4 Å². The molecular weight excluding hydrogens is 538 g/mol. The van der Waals surface area contributed by atoms with Crippen LogP contribution in [0, 0.1) is 0 Å². The van der Waals surface area contributed by atoms with Gasteiger partial charge in [-0.1, -0.05) is 78.9 Å². The number of rotatable bonds is 12. The van der Waals surface area contributed by atoms with Crippen LogP contribution in [0.5, 0.6) is 0 Å². The minimum absolute atomic E-state index is 0.0585. The summed E-state index contributed by atoms with van der Waals surface area (Å²) in [6.45, 7) is 4.28.